The molecule has 3 aromatic carbocycles. The van der Waals surface area contributed by atoms with Crippen LogP contribution in [0.3, 0.4) is 0 Å². The zero-order chi connectivity index (χ0) is 23.3. The maximum atomic E-state index is 13.9. The number of halogens is 2. The number of carbonyl (C=O) groups excluding carboxylic acids is 1. The van der Waals surface area contributed by atoms with Crippen molar-refractivity contribution in [3.05, 3.63) is 105 Å². The smallest absolute Gasteiger partial charge is 0.291 e. The molecule has 1 atom stereocenters. The Morgan fingerprint density at radius 3 is 2.45 bits per heavy atom. The minimum absolute atomic E-state index is 0.0147. The monoisotopic (exact) mass is 449 g/mol. The summed E-state index contributed by atoms with van der Waals surface area (Å²) in [5.41, 5.74) is 0.753. The lowest BCUT2D eigenvalue weighted by atomic mass is 9.97. The molecule has 6 nitrogen and oxygen atoms in total. The summed E-state index contributed by atoms with van der Waals surface area (Å²) >= 11 is 0. The van der Waals surface area contributed by atoms with E-state index in [0.717, 1.165) is 12.1 Å². The Labute approximate surface area is 186 Å². The first-order valence-corrected chi connectivity index (χ1v) is 10.1. The van der Waals surface area contributed by atoms with Gasteiger partial charge in [0.15, 0.2) is 16.9 Å². The number of amides is 1. The van der Waals surface area contributed by atoms with E-state index in [1.165, 1.54) is 42.3 Å². The van der Waals surface area contributed by atoms with Gasteiger partial charge in [0.2, 0.25) is 5.76 Å². The fourth-order valence-electron chi connectivity index (χ4n) is 4.15. The van der Waals surface area contributed by atoms with Crippen molar-refractivity contribution in [3.63, 3.8) is 0 Å². The largest absolute Gasteiger partial charge is 0.504 e. The molecule has 0 saturated heterocycles. The van der Waals surface area contributed by atoms with Crippen LogP contribution < -0.4 is 10.2 Å². The van der Waals surface area contributed by atoms with E-state index in [2.05, 4.69) is 0 Å². The van der Waals surface area contributed by atoms with Crippen LogP contribution in [0.15, 0.2) is 69.9 Å². The number of methoxy groups -OCH3 is 1. The van der Waals surface area contributed by atoms with E-state index in [9.17, 15) is 23.5 Å². The predicted molar refractivity (Wildman–Crippen MR) is 115 cm³/mol. The summed E-state index contributed by atoms with van der Waals surface area (Å²) in [7, 11) is 1.38. The second kappa shape index (κ2) is 7.74. The molecule has 0 saturated carbocycles. The quantitative estimate of drug-likeness (QED) is 0.495. The van der Waals surface area contributed by atoms with Gasteiger partial charge in [0.05, 0.1) is 24.1 Å². The standard InChI is InChI=1S/C25H17F2NO5/c1-32-20-10-14(4-8-18(20)29)22-21-23(30)17-11-16(27)7-9-19(17)33-24(21)25(31)28(22)12-13-2-5-15(26)6-3-13/h2-11,22,29H,12H2,1H3. The van der Waals surface area contributed by atoms with E-state index in [-0.39, 0.29) is 40.3 Å². The molecule has 1 aromatic heterocycles. The number of benzene rings is 3. The molecule has 1 amide bonds. The molecule has 0 radical (unpaired) electrons. The van der Waals surface area contributed by atoms with Crippen LogP contribution in [-0.4, -0.2) is 23.0 Å². The molecule has 166 valence electrons. The normalized spacial score (nSPS) is 15.2. The highest BCUT2D eigenvalue weighted by molar-refractivity contribution is 5.99. The summed E-state index contributed by atoms with van der Waals surface area (Å²) in [6.45, 7) is 0.0569. The third-order valence-corrected chi connectivity index (χ3v) is 5.71. The third kappa shape index (κ3) is 3.40. The van der Waals surface area contributed by atoms with Gasteiger partial charge in [0.1, 0.15) is 17.2 Å². The zero-order valence-corrected chi connectivity index (χ0v) is 17.3. The van der Waals surface area contributed by atoms with Crippen LogP contribution in [0, 0.1) is 11.6 Å². The molecule has 0 aliphatic carbocycles. The van der Waals surface area contributed by atoms with Crippen LogP contribution in [-0.2, 0) is 6.54 Å². The highest BCUT2D eigenvalue weighted by Gasteiger charge is 2.43. The van der Waals surface area contributed by atoms with Gasteiger partial charge in [-0.2, -0.15) is 0 Å². The van der Waals surface area contributed by atoms with Gasteiger partial charge >= 0.3 is 0 Å². The summed E-state index contributed by atoms with van der Waals surface area (Å²) in [5, 5.41) is 10.0. The summed E-state index contributed by atoms with van der Waals surface area (Å²) in [5.74, 6) is -1.65. The molecule has 0 bridgehead atoms. The van der Waals surface area contributed by atoms with Crippen LogP contribution in [0.5, 0.6) is 11.5 Å². The van der Waals surface area contributed by atoms with E-state index in [4.69, 9.17) is 9.15 Å². The molecule has 5 rings (SSSR count). The predicted octanol–water partition coefficient (Wildman–Crippen LogP) is 4.53. The number of hydrogen-bond donors (Lipinski definition) is 1. The first-order chi connectivity index (χ1) is 15.9. The van der Waals surface area contributed by atoms with Gasteiger partial charge in [-0.05, 0) is 53.6 Å². The van der Waals surface area contributed by atoms with Crippen molar-refractivity contribution in [1.82, 2.24) is 4.90 Å². The van der Waals surface area contributed by atoms with Gasteiger partial charge in [-0.15, -0.1) is 0 Å². The average Bonchev–Trinajstić information content (AvgIpc) is 3.08. The number of hydrogen-bond acceptors (Lipinski definition) is 5. The topological polar surface area (TPSA) is 80.0 Å². The van der Waals surface area contributed by atoms with E-state index in [0.29, 0.717) is 11.1 Å². The maximum Gasteiger partial charge on any atom is 0.291 e. The maximum absolute atomic E-state index is 13.9. The Bertz CT molecular complexity index is 1460. The number of rotatable bonds is 4. The number of aromatic hydroxyl groups is 1. The molecule has 4 aromatic rings. The fourth-order valence-corrected chi connectivity index (χ4v) is 4.15. The molecule has 1 aliphatic heterocycles. The van der Waals surface area contributed by atoms with Crippen molar-refractivity contribution in [2.24, 2.45) is 0 Å². The Balaban J connectivity index is 1.73. The SMILES string of the molecule is COc1cc(C2c3c(oc4ccc(F)cc4c3=O)C(=O)N2Cc2ccc(F)cc2)ccc1O. The Kier molecular flexibility index (Phi) is 4.85. The second-order valence-electron chi connectivity index (χ2n) is 7.71. The molecule has 33 heavy (non-hydrogen) atoms. The third-order valence-electron chi connectivity index (χ3n) is 5.71. The van der Waals surface area contributed by atoms with Gasteiger partial charge in [0.25, 0.3) is 5.91 Å². The van der Waals surface area contributed by atoms with Crippen molar-refractivity contribution >= 4 is 16.9 Å². The first-order valence-electron chi connectivity index (χ1n) is 10.1. The van der Waals surface area contributed by atoms with Crippen molar-refractivity contribution in [3.8, 4) is 11.5 Å². The van der Waals surface area contributed by atoms with Crippen LogP contribution in [0.25, 0.3) is 11.0 Å². The number of carbonyl (C=O) groups is 1. The molecule has 2 heterocycles. The summed E-state index contributed by atoms with van der Waals surface area (Å²) < 4.78 is 38.2. The second-order valence-corrected chi connectivity index (χ2v) is 7.71. The van der Waals surface area contributed by atoms with Crippen LogP contribution in [0.2, 0.25) is 0 Å². The molecule has 1 N–H and O–H groups in total. The number of phenolic OH excluding ortho intramolecular Hbond substituents is 1. The number of nitrogens with zero attached hydrogens (tertiary/aromatic N) is 1. The van der Waals surface area contributed by atoms with E-state index in [1.807, 2.05) is 0 Å². The highest BCUT2D eigenvalue weighted by atomic mass is 19.1. The Morgan fingerprint density at radius 2 is 1.73 bits per heavy atom. The van der Waals surface area contributed by atoms with E-state index >= 15 is 0 Å². The minimum Gasteiger partial charge on any atom is -0.504 e. The van der Waals surface area contributed by atoms with E-state index < -0.39 is 29.0 Å². The molecule has 1 unspecified atom stereocenters. The van der Waals surface area contributed by atoms with Gasteiger partial charge in [-0.1, -0.05) is 18.2 Å². The van der Waals surface area contributed by atoms with Crippen LogP contribution >= 0.6 is 0 Å². The number of fused-ring (bicyclic) bond motifs is 2. The first kappa shape index (κ1) is 20.7. The lowest BCUT2D eigenvalue weighted by molar-refractivity contribution is 0.0714. The molecule has 8 heteroatoms. The summed E-state index contributed by atoms with van der Waals surface area (Å²) in [6, 6.07) is 12.8. The Hall–Kier alpha value is -4.20. The van der Waals surface area contributed by atoms with Crippen molar-refractivity contribution < 1.29 is 27.8 Å². The van der Waals surface area contributed by atoms with E-state index in [1.54, 1.807) is 18.2 Å². The summed E-state index contributed by atoms with van der Waals surface area (Å²) in [4.78, 5) is 28.3. The molecule has 0 spiro atoms. The van der Waals surface area contributed by atoms with Gasteiger partial charge < -0.3 is 19.2 Å². The van der Waals surface area contributed by atoms with Crippen molar-refractivity contribution in [1.29, 1.82) is 0 Å². The van der Waals surface area contributed by atoms with Gasteiger partial charge in [0, 0.05) is 6.54 Å². The molecule has 0 fully saturated rings. The van der Waals surface area contributed by atoms with Gasteiger partial charge in [-0.3, -0.25) is 9.59 Å². The number of ether oxygens (including phenoxy) is 1. The molecule has 1 aliphatic rings. The number of phenols is 1. The fraction of sp³-hybridized carbons (Fsp3) is 0.120. The highest BCUT2D eigenvalue weighted by Crippen LogP contribution is 2.41. The summed E-state index contributed by atoms with van der Waals surface area (Å²) in [6.07, 6.45) is 0. The lowest BCUT2D eigenvalue weighted by Gasteiger charge is -2.25. The van der Waals surface area contributed by atoms with Crippen molar-refractivity contribution in [2.45, 2.75) is 12.6 Å². The molecular formula is C25H17F2NO5. The minimum atomic E-state index is -0.893. The van der Waals surface area contributed by atoms with Crippen LogP contribution in [0.1, 0.15) is 33.3 Å². The van der Waals surface area contributed by atoms with Crippen LogP contribution in [0.4, 0.5) is 8.78 Å². The lowest BCUT2D eigenvalue weighted by Crippen LogP contribution is -2.29. The van der Waals surface area contributed by atoms with Gasteiger partial charge in [-0.25, -0.2) is 8.78 Å². The average molecular weight is 449 g/mol. The van der Waals surface area contributed by atoms with Crippen molar-refractivity contribution in [2.75, 3.05) is 7.11 Å². The Morgan fingerprint density at radius 1 is 1.00 bits per heavy atom. The molecular weight excluding hydrogens is 432 g/mol. The zero-order valence-electron chi connectivity index (χ0n) is 17.3.